The molecule has 22 heavy (non-hydrogen) atoms. The quantitative estimate of drug-likeness (QED) is 0.837. The first-order valence-electron chi connectivity index (χ1n) is 6.27. The number of anilines is 1. The van der Waals surface area contributed by atoms with E-state index < -0.39 is 11.7 Å². The highest BCUT2D eigenvalue weighted by Crippen LogP contribution is 2.32. The third-order valence-electron chi connectivity index (χ3n) is 2.70. The Balaban J connectivity index is 2.11. The van der Waals surface area contributed by atoms with Crippen molar-refractivity contribution in [2.24, 2.45) is 0 Å². The Bertz CT molecular complexity index is 679. The largest absolute Gasteiger partial charge is 0.457 e. The summed E-state index contributed by atoms with van der Waals surface area (Å²) in [7, 11) is 0. The fourth-order valence-electron chi connectivity index (χ4n) is 1.67. The molecule has 0 bridgehead atoms. The highest BCUT2D eigenvalue weighted by Gasteiger charge is 2.30. The smallest absolute Gasteiger partial charge is 0.416 e. The van der Waals surface area contributed by atoms with Gasteiger partial charge in [-0.3, -0.25) is 4.79 Å². The first-order valence-corrected chi connectivity index (χ1v) is 6.27. The van der Waals surface area contributed by atoms with Gasteiger partial charge in [0.15, 0.2) is 0 Å². The van der Waals surface area contributed by atoms with Gasteiger partial charge in [-0.05, 0) is 48.5 Å². The summed E-state index contributed by atoms with van der Waals surface area (Å²) >= 11 is 0. The van der Waals surface area contributed by atoms with E-state index in [0.29, 0.717) is 11.4 Å². The van der Waals surface area contributed by atoms with Crippen molar-refractivity contribution in [1.29, 1.82) is 0 Å². The summed E-state index contributed by atoms with van der Waals surface area (Å²) in [5, 5.41) is 2.55. The molecule has 0 unspecified atom stereocenters. The highest BCUT2D eigenvalue weighted by molar-refractivity contribution is 5.98. The minimum Gasteiger partial charge on any atom is -0.457 e. The number of alkyl halides is 3. The molecule has 0 radical (unpaired) electrons. The monoisotopic (exact) mass is 307 g/mol. The van der Waals surface area contributed by atoms with Crippen LogP contribution in [0.25, 0.3) is 0 Å². The number of rotatable bonds is 4. The Kier molecular flexibility index (Phi) is 4.50. The minimum absolute atomic E-state index is 0.0812. The topological polar surface area (TPSA) is 38.3 Å². The number of nitrogens with one attached hydrogen (secondary N) is 1. The number of amides is 1. The number of benzene rings is 2. The third kappa shape index (κ3) is 4.12. The van der Waals surface area contributed by atoms with Crippen LogP contribution in [0.3, 0.4) is 0 Å². The molecule has 0 spiro atoms. The fourth-order valence-corrected chi connectivity index (χ4v) is 1.67. The van der Waals surface area contributed by atoms with Crippen LogP contribution in [0, 0.1) is 0 Å². The first-order chi connectivity index (χ1) is 10.4. The third-order valence-corrected chi connectivity index (χ3v) is 2.70. The van der Waals surface area contributed by atoms with E-state index in [-0.39, 0.29) is 11.7 Å². The summed E-state index contributed by atoms with van der Waals surface area (Å²) in [5.41, 5.74) is -0.249. The van der Waals surface area contributed by atoms with Crippen LogP contribution in [0.15, 0.2) is 61.2 Å². The van der Waals surface area contributed by atoms with Crippen molar-refractivity contribution in [3.63, 3.8) is 0 Å². The molecule has 0 atom stereocenters. The lowest BCUT2D eigenvalue weighted by Gasteiger charge is -2.10. The molecule has 2 aromatic rings. The van der Waals surface area contributed by atoms with Crippen molar-refractivity contribution >= 4 is 11.6 Å². The lowest BCUT2D eigenvalue weighted by atomic mass is 10.2. The molecule has 0 heterocycles. The zero-order valence-electron chi connectivity index (χ0n) is 11.4. The Morgan fingerprint density at radius 1 is 1.09 bits per heavy atom. The average Bonchev–Trinajstić information content (AvgIpc) is 2.48. The van der Waals surface area contributed by atoms with Gasteiger partial charge in [0.2, 0.25) is 5.91 Å². The Labute approximate surface area is 125 Å². The molecule has 0 aliphatic rings. The summed E-state index contributed by atoms with van der Waals surface area (Å²) in [6, 6.07) is 10.8. The van der Waals surface area contributed by atoms with Crippen molar-refractivity contribution in [1.82, 2.24) is 0 Å². The molecule has 0 fully saturated rings. The Morgan fingerprint density at radius 2 is 1.77 bits per heavy atom. The normalized spacial score (nSPS) is 10.9. The van der Waals surface area contributed by atoms with E-state index in [2.05, 4.69) is 11.9 Å². The first kappa shape index (κ1) is 15.6. The number of ether oxygens (including phenoxy) is 1. The highest BCUT2D eigenvalue weighted by atomic mass is 19.4. The maximum Gasteiger partial charge on any atom is 0.416 e. The van der Waals surface area contributed by atoms with Crippen molar-refractivity contribution < 1.29 is 22.7 Å². The standard InChI is InChI=1S/C16H12F3NO2/c1-2-15(21)20-12-6-8-13(9-7-12)22-14-5-3-4-11(10-14)16(17,18)19/h2-10H,1H2,(H,20,21). The average molecular weight is 307 g/mol. The maximum absolute atomic E-state index is 12.6. The van der Waals surface area contributed by atoms with Gasteiger partial charge in [-0.2, -0.15) is 13.2 Å². The molecule has 114 valence electrons. The van der Waals surface area contributed by atoms with Gasteiger partial charge in [0.1, 0.15) is 11.5 Å². The van der Waals surface area contributed by atoms with E-state index in [4.69, 9.17) is 4.74 Å². The molecule has 1 amide bonds. The van der Waals surface area contributed by atoms with Gasteiger partial charge < -0.3 is 10.1 Å². The summed E-state index contributed by atoms with van der Waals surface area (Å²) in [5.74, 6) is 0.0835. The minimum atomic E-state index is -4.42. The molecule has 2 rings (SSSR count). The van der Waals surface area contributed by atoms with Gasteiger partial charge in [0.25, 0.3) is 0 Å². The van der Waals surface area contributed by atoms with Crippen LogP contribution in [-0.2, 0) is 11.0 Å². The van der Waals surface area contributed by atoms with Gasteiger partial charge in [0.05, 0.1) is 5.56 Å². The zero-order chi connectivity index (χ0) is 16.2. The second-order valence-corrected chi connectivity index (χ2v) is 4.35. The van der Waals surface area contributed by atoms with Crippen molar-refractivity contribution in [3.05, 3.63) is 66.7 Å². The molecule has 0 saturated carbocycles. The summed E-state index contributed by atoms with van der Waals surface area (Å²) in [4.78, 5) is 11.1. The van der Waals surface area contributed by atoms with E-state index in [0.717, 1.165) is 18.2 Å². The number of carbonyl (C=O) groups is 1. The Morgan fingerprint density at radius 3 is 2.36 bits per heavy atom. The fraction of sp³-hybridized carbons (Fsp3) is 0.0625. The lowest BCUT2D eigenvalue weighted by Crippen LogP contribution is -2.06. The molecule has 2 aromatic carbocycles. The SMILES string of the molecule is C=CC(=O)Nc1ccc(Oc2cccc(C(F)(F)F)c2)cc1. The van der Waals surface area contributed by atoms with E-state index in [1.54, 1.807) is 24.3 Å². The van der Waals surface area contributed by atoms with Crippen LogP contribution in [0.2, 0.25) is 0 Å². The summed E-state index contributed by atoms with van der Waals surface area (Å²) < 4.78 is 43.2. The second-order valence-electron chi connectivity index (χ2n) is 4.35. The number of carbonyl (C=O) groups excluding carboxylic acids is 1. The van der Waals surface area contributed by atoms with Crippen LogP contribution >= 0.6 is 0 Å². The number of hydrogen-bond acceptors (Lipinski definition) is 2. The molecule has 0 saturated heterocycles. The van der Waals surface area contributed by atoms with Crippen LogP contribution in [-0.4, -0.2) is 5.91 Å². The number of hydrogen-bond donors (Lipinski definition) is 1. The van der Waals surface area contributed by atoms with E-state index in [1.807, 2.05) is 0 Å². The molecular formula is C16H12F3NO2. The molecule has 3 nitrogen and oxygen atoms in total. The molecule has 0 aliphatic carbocycles. The molecule has 0 aliphatic heterocycles. The van der Waals surface area contributed by atoms with Gasteiger partial charge in [0, 0.05) is 5.69 Å². The predicted octanol–water partition coefficient (Wildman–Crippen LogP) is 4.62. The summed E-state index contributed by atoms with van der Waals surface area (Å²) in [6.07, 6.45) is -3.29. The van der Waals surface area contributed by atoms with Gasteiger partial charge in [-0.15, -0.1) is 0 Å². The molecular weight excluding hydrogens is 295 g/mol. The van der Waals surface area contributed by atoms with Crippen molar-refractivity contribution in [2.75, 3.05) is 5.32 Å². The van der Waals surface area contributed by atoms with Crippen LogP contribution in [0.4, 0.5) is 18.9 Å². The van der Waals surface area contributed by atoms with Crippen molar-refractivity contribution in [2.45, 2.75) is 6.18 Å². The van der Waals surface area contributed by atoms with Crippen LogP contribution in [0.5, 0.6) is 11.5 Å². The molecule has 0 aromatic heterocycles. The van der Waals surface area contributed by atoms with Gasteiger partial charge in [-0.25, -0.2) is 0 Å². The number of halogens is 3. The second kappa shape index (κ2) is 6.34. The van der Waals surface area contributed by atoms with Gasteiger partial charge >= 0.3 is 6.18 Å². The van der Waals surface area contributed by atoms with Crippen LogP contribution in [0.1, 0.15) is 5.56 Å². The molecule has 6 heteroatoms. The Hall–Kier alpha value is -2.76. The van der Waals surface area contributed by atoms with Crippen LogP contribution < -0.4 is 10.1 Å². The molecule has 1 N–H and O–H groups in total. The summed E-state index contributed by atoms with van der Waals surface area (Å²) in [6.45, 7) is 3.33. The van der Waals surface area contributed by atoms with E-state index in [9.17, 15) is 18.0 Å². The van der Waals surface area contributed by atoms with E-state index >= 15 is 0 Å². The van der Waals surface area contributed by atoms with E-state index in [1.165, 1.54) is 12.1 Å². The predicted molar refractivity (Wildman–Crippen MR) is 76.8 cm³/mol. The lowest BCUT2D eigenvalue weighted by molar-refractivity contribution is -0.137. The maximum atomic E-state index is 12.6. The zero-order valence-corrected chi connectivity index (χ0v) is 11.4. The van der Waals surface area contributed by atoms with Gasteiger partial charge in [-0.1, -0.05) is 12.6 Å². The van der Waals surface area contributed by atoms with Crippen molar-refractivity contribution in [3.8, 4) is 11.5 Å².